The van der Waals surface area contributed by atoms with E-state index in [0.29, 0.717) is 48.1 Å². The molecule has 2 aromatic heterocycles. The van der Waals surface area contributed by atoms with E-state index in [1.807, 2.05) is 18.4 Å². The van der Waals surface area contributed by atoms with E-state index in [-0.39, 0.29) is 24.0 Å². The van der Waals surface area contributed by atoms with Crippen LogP contribution < -0.4 is 5.32 Å². The third-order valence-corrected chi connectivity index (χ3v) is 6.54. The number of carbonyl (C=O) groups is 1. The minimum absolute atomic E-state index is 0.00352. The Balaban J connectivity index is 1.57. The second kappa shape index (κ2) is 11.3. The van der Waals surface area contributed by atoms with Crippen molar-refractivity contribution in [2.24, 2.45) is 0 Å². The molecular weight excluding hydrogens is 504 g/mol. The summed E-state index contributed by atoms with van der Waals surface area (Å²) in [5.41, 5.74) is 3.26. The Morgan fingerprint density at radius 3 is 2.41 bits per heavy atom. The van der Waals surface area contributed by atoms with Crippen LogP contribution in [0.15, 0.2) is 60.8 Å². The van der Waals surface area contributed by atoms with Crippen LogP contribution in [-0.4, -0.2) is 42.8 Å². The number of aliphatic hydroxyl groups is 1. The summed E-state index contributed by atoms with van der Waals surface area (Å²) < 4.78 is 34.7. The Hall–Kier alpha value is -4.18. The highest BCUT2D eigenvalue weighted by Gasteiger charge is 2.29. The van der Waals surface area contributed by atoms with E-state index in [9.17, 15) is 18.7 Å². The van der Waals surface area contributed by atoms with E-state index >= 15 is 0 Å². The molecular formula is C29H29F2N5O3. The number of hydrogen-bond donors (Lipinski definition) is 2. The number of esters is 1. The van der Waals surface area contributed by atoms with Gasteiger partial charge >= 0.3 is 5.97 Å². The van der Waals surface area contributed by atoms with Gasteiger partial charge in [-0.15, -0.1) is 0 Å². The van der Waals surface area contributed by atoms with Gasteiger partial charge in [0.05, 0.1) is 29.6 Å². The molecule has 202 valence electrons. The molecule has 1 fully saturated rings. The number of nitrogens with one attached hydrogen (secondary N) is 1. The first-order valence-electron chi connectivity index (χ1n) is 12.9. The number of rotatable bonds is 8. The van der Waals surface area contributed by atoms with Crippen molar-refractivity contribution in [1.82, 2.24) is 19.5 Å². The van der Waals surface area contributed by atoms with Crippen molar-refractivity contribution < 1.29 is 23.4 Å². The van der Waals surface area contributed by atoms with Crippen molar-refractivity contribution >= 4 is 17.6 Å². The minimum atomic E-state index is -0.722. The molecule has 2 N–H and O–H groups in total. The molecule has 4 aromatic rings. The van der Waals surface area contributed by atoms with Crippen molar-refractivity contribution in [2.75, 3.05) is 5.32 Å². The van der Waals surface area contributed by atoms with E-state index in [2.05, 4.69) is 10.3 Å². The van der Waals surface area contributed by atoms with Crippen molar-refractivity contribution in [3.05, 3.63) is 78.3 Å². The first-order valence-corrected chi connectivity index (χ1v) is 12.9. The number of aromatic nitrogens is 4. The summed E-state index contributed by atoms with van der Waals surface area (Å²) in [5, 5.41) is 13.2. The second-order valence-electron chi connectivity index (χ2n) is 9.87. The maximum absolute atomic E-state index is 13.8. The van der Waals surface area contributed by atoms with Crippen LogP contribution >= 0.6 is 0 Å². The molecule has 0 saturated carbocycles. The zero-order valence-corrected chi connectivity index (χ0v) is 21.6. The Morgan fingerprint density at radius 2 is 1.74 bits per heavy atom. The number of anilines is 2. The molecule has 0 aliphatic carbocycles. The van der Waals surface area contributed by atoms with Gasteiger partial charge in [0.15, 0.2) is 0 Å². The van der Waals surface area contributed by atoms with Crippen LogP contribution in [0.4, 0.5) is 20.4 Å². The van der Waals surface area contributed by atoms with Gasteiger partial charge in [-0.3, -0.25) is 4.79 Å². The molecule has 10 heteroatoms. The average Bonchev–Trinajstić information content (AvgIpc) is 3.29. The number of aliphatic hydroxyl groups excluding tert-OH is 1. The van der Waals surface area contributed by atoms with Crippen LogP contribution in [0.1, 0.15) is 44.9 Å². The highest BCUT2D eigenvalue weighted by atomic mass is 19.1. The molecule has 1 aliphatic heterocycles. The lowest BCUT2D eigenvalue weighted by Crippen LogP contribution is -2.33. The third kappa shape index (κ3) is 6.12. The monoisotopic (exact) mass is 533 g/mol. The van der Waals surface area contributed by atoms with Gasteiger partial charge in [0.25, 0.3) is 0 Å². The Bertz CT molecular complexity index is 1460. The topological polar surface area (TPSA) is 102 Å². The summed E-state index contributed by atoms with van der Waals surface area (Å²) in [6.07, 6.45) is 1.32. The summed E-state index contributed by atoms with van der Waals surface area (Å²) in [6, 6.07) is 13.8. The van der Waals surface area contributed by atoms with E-state index in [1.54, 1.807) is 36.5 Å². The predicted molar refractivity (Wildman–Crippen MR) is 142 cm³/mol. The number of carbonyl (C=O) groups excluding carboxylic acids is 1. The van der Waals surface area contributed by atoms with Gasteiger partial charge in [-0.05, 0) is 54.6 Å². The minimum Gasteiger partial charge on any atom is -0.462 e. The van der Waals surface area contributed by atoms with Gasteiger partial charge in [-0.1, -0.05) is 13.8 Å². The van der Waals surface area contributed by atoms with Crippen LogP contribution in [0.2, 0.25) is 0 Å². The molecule has 8 nitrogen and oxygen atoms in total. The second-order valence-corrected chi connectivity index (χ2v) is 9.87. The summed E-state index contributed by atoms with van der Waals surface area (Å²) in [5.74, 6) is 0.0323. The molecule has 2 atom stereocenters. The summed E-state index contributed by atoms with van der Waals surface area (Å²) >= 11 is 0. The van der Waals surface area contributed by atoms with Crippen LogP contribution in [-0.2, 0) is 16.1 Å². The maximum atomic E-state index is 13.8. The number of cyclic esters (lactones) is 1. The Labute approximate surface area is 224 Å². The molecule has 0 amide bonds. The van der Waals surface area contributed by atoms with Crippen molar-refractivity contribution in [2.45, 2.75) is 57.8 Å². The quantitative estimate of drug-likeness (QED) is 0.284. The van der Waals surface area contributed by atoms with E-state index in [4.69, 9.17) is 14.7 Å². The van der Waals surface area contributed by atoms with Gasteiger partial charge < -0.3 is 19.7 Å². The molecule has 0 unspecified atom stereocenters. The lowest BCUT2D eigenvalue weighted by atomic mass is 10.0. The van der Waals surface area contributed by atoms with Crippen molar-refractivity contribution in [3.8, 4) is 22.6 Å². The zero-order chi connectivity index (χ0) is 27.5. The van der Waals surface area contributed by atoms with Crippen LogP contribution in [0.5, 0.6) is 0 Å². The number of ether oxygens (including phenoxy) is 1. The van der Waals surface area contributed by atoms with Crippen LogP contribution in [0.25, 0.3) is 22.6 Å². The third-order valence-electron chi connectivity index (χ3n) is 6.54. The van der Waals surface area contributed by atoms with Crippen molar-refractivity contribution in [3.63, 3.8) is 0 Å². The van der Waals surface area contributed by atoms with Crippen LogP contribution in [0.3, 0.4) is 0 Å². The highest BCUT2D eigenvalue weighted by Crippen LogP contribution is 2.35. The zero-order valence-electron chi connectivity index (χ0n) is 21.6. The summed E-state index contributed by atoms with van der Waals surface area (Å²) in [7, 11) is 0. The maximum Gasteiger partial charge on any atom is 0.308 e. The lowest BCUT2D eigenvalue weighted by Gasteiger charge is -2.26. The first kappa shape index (κ1) is 26.4. The summed E-state index contributed by atoms with van der Waals surface area (Å²) in [6.45, 7) is 4.51. The fraction of sp³-hybridized carbons (Fsp3) is 0.310. The SMILES string of the molecule is CC(C)c1nc(-c2ccc(F)cc2)c(-c2ccnc(Nc3ccc(F)cc3)n2)n1CC[C@@H]1C[C@@H](O)CC(=O)O1. The van der Waals surface area contributed by atoms with E-state index < -0.39 is 18.2 Å². The predicted octanol–water partition coefficient (Wildman–Crippen LogP) is 5.61. The van der Waals surface area contributed by atoms with E-state index in [1.165, 1.54) is 24.3 Å². The van der Waals surface area contributed by atoms with Gasteiger partial charge in [-0.25, -0.2) is 23.7 Å². The largest absolute Gasteiger partial charge is 0.462 e. The Kier molecular flexibility index (Phi) is 7.65. The van der Waals surface area contributed by atoms with Gasteiger partial charge in [-0.2, -0.15) is 0 Å². The normalized spacial score (nSPS) is 17.3. The fourth-order valence-electron chi connectivity index (χ4n) is 4.73. The van der Waals surface area contributed by atoms with Gasteiger partial charge in [0.2, 0.25) is 5.95 Å². The van der Waals surface area contributed by atoms with Crippen LogP contribution in [0, 0.1) is 11.6 Å². The van der Waals surface area contributed by atoms with Gasteiger partial charge in [0, 0.05) is 42.8 Å². The molecule has 1 saturated heterocycles. The number of benzene rings is 2. The smallest absolute Gasteiger partial charge is 0.308 e. The molecule has 0 bridgehead atoms. The molecule has 5 rings (SSSR count). The molecule has 0 spiro atoms. The highest BCUT2D eigenvalue weighted by molar-refractivity contribution is 5.78. The molecule has 1 aliphatic rings. The first-order chi connectivity index (χ1) is 18.8. The standard InChI is InChI=1S/C29H29F2N5O3/c1-17(2)28-35-26(18-3-5-19(30)6-4-18)27(36(28)14-12-23-15-22(37)16-25(38)39-23)24-11-13-32-29(34-24)33-21-9-7-20(31)8-10-21/h3-11,13,17,22-23,37H,12,14-16H2,1-2H3,(H,32,33,34)/t22-,23-/m1/s1. The van der Waals surface area contributed by atoms with Crippen molar-refractivity contribution in [1.29, 1.82) is 0 Å². The fourth-order valence-corrected chi connectivity index (χ4v) is 4.73. The molecule has 2 aromatic carbocycles. The molecule has 3 heterocycles. The number of nitrogens with zero attached hydrogens (tertiary/aromatic N) is 4. The number of hydrogen-bond acceptors (Lipinski definition) is 7. The average molecular weight is 534 g/mol. The van der Waals surface area contributed by atoms with Gasteiger partial charge in [0.1, 0.15) is 23.6 Å². The Morgan fingerprint density at radius 1 is 1.05 bits per heavy atom. The number of imidazole rings is 1. The van der Waals surface area contributed by atoms with E-state index in [0.717, 1.165) is 11.4 Å². The molecule has 39 heavy (non-hydrogen) atoms. The lowest BCUT2D eigenvalue weighted by molar-refractivity contribution is -0.160. The number of halogens is 2. The summed E-state index contributed by atoms with van der Waals surface area (Å²) in [4.78, 5) is 25.9. The molecule has 0 radical (unpaired) electrons.